The highest BCUT2D eigenvalue weighted by molar-refractivity contribution is 6.00. The largest absolute Gasteiger partial charge is 0.508 e. The summed E-state index contributed by atoms with van der Waals surface area (Å²) in [6.07, 6.45) is 2.49. The Bertz CT molecular complexity index is 697. The number of ketones is 1. The van der Waals surface area contributed by atoms with E-state index in [1.54, 1.807) is 6.20 Å². The molecule has 1 aromatic heterocycles. The summed E-state index contributed by atoms with van der Waals surface area (Å²) in [4.78, 5) is 16.5. The number of carbonyl (C=O) groups is 1. The van der Waals surface area contributed by atoms with Gasteiger partial charge in [0.2, 0.25) is 0 Å². The molecule has 1 aliphatic carbocycles. The van der Waals surface area contributed by atoms with Crippen LogP contribution in [0.2, 0.25) is 0 Å². The van der Waals surface area contributed by atoms with E-state index in [-0.39, 0.29) is 23.9 Å². The van der Waals surface area contributed by atoms with E-state index in [2.05, 4.69) is 4.98 Å². The van der Waals surface area contributed by atoms with Crippen LogP contribution in [0, 0.1) is 12.7 Å². The van der Waals surface area contributed by atoms with Crippen LogP contribution in [0.5, 0.6) is 5.75 Å². The lowest BCUT2D eigenvalue weighted by atomic mass is 9.80. The van der Waals surface area contributed by atoms with Crippen LogP contribution in [0.25, 0.3) is 0 Å². The Labute approximate surface area is 116 Å². The number of hydrogen-bond acceptors (Lipinski definition) is 3. The number of halogens is 1. The van der Waals surface area contributed by atoms with E-state index in [0.29, 0.717) is 17.5 Å². The van der Waals surface area contributed by atoms with Crippen LogP contribution in [0.4, 0.5) is 4.39 Å². The van der Waals surface area contributed by atoms with Gasteiger partial charge in [-0.05, 0) is 43.2 Å². The van der Waals surface area contributed by atoms with Crippen molar-refractivity contribution in [1.29, 1.82) is 0 Å². The second-order valence-corrected chi connectivity index (χ2v) is 5.18. The molecule has 0 bridgehead atoms. The Morgan fingerprint density at radius 3 is 2.90 bits per heavy atom. The van der Waals surface area contributed by atoms with Crippen LogP contribution in [-0.4, -0.2) is 15.9 Å². The van der Waals surface area contributed by atoms with E-state index in [4.69, 9.17) is 0 Å². The standard InChI is InChI=1S/C16H14FNO2/c1-9-4-5-18-13-6-10(7-15(20)16(9)13)12-8-11(17)2-3-14(12)19/h2-5,8,10,19H,6-7H2,1H3. The minimum Gasteiger partial charge on any atom is -0.508 e. The van der Waals surface area contributed by atoms with Gasteiger partial charge in [-0.25, -0.2) is 4.39 Å². The number of nitrogens with zero attached hydrogens (tertiary/aromatic N) is 1. The van der Waals surface area contributed by atoms with Crippen molar-refractivity contribution in [2.75, 3.05) is 0 Å². The van der Waals surface area contributed by atoms with Crippen molar-refractivity contribution in [2.45, 2.75) is 25.7 Å². The molecular formula is C16H14FNO2. The number of aryl methyl sites for hydroxylation is 1. The molecule has 0 saturated heterocycles. The molecule has 0 aliphatic heterocycles. The third-order valence-electron chi connectivity index (χ3n) is 3.82. The first-order valence-electron chi connectivity index (χ1n) is 6.52. The number of hydrogen-bond donors (Lipinski definition) is 1. The molecule has 1 unspecified atom stereocenters. The highest BCUT2D eigenvalue weighted by atomic mass is 19.1. The zero-order valence-corrected chi connectivity index (χ0v) is 11.1. The highest BCUT2D eigenvalue weighted by Gasteiger charge is 2.29. The van der Waals surface area contributed by atoms with E-state index >= 15 is 0 Å². The van der Waals surface area contributed by atoms with Crippen molar-refractivity contribution in [3.8, 4) is 5.75 Å². The molecule has 2 aromatic rings. The summed E-state index contributed by atoms with van der Waals surface area (Å²) in [5.74, 6) is -0.598. The SMILES string of the molecule is Cc1ccnc2c1C(=O)CC(c1cc(F)ccc1O)C2. The molecule has 3 nitrogen and oxygen atoms in total. The first kappa shape index (κ1) is 12.8. The van der Waals surface area contributed by atoms with Gasteiger partial charge in [0.25, 0.3) is 0 Å². The van der Waals surface area contributed by atoms with Crippen molar-refractivity contribution in [2.24, 2.45) is 0 Å². The number of phenolic OH excluding ortho intramolecular Hbond substituents is 1. The minimum absolute atomic E-state index is 0.00510. The van der Waals surface area contributed by atoms with E-state index in [1.807, 2.05) is 13.0 Å². The monoisotopic (exact) mass is 271 g/mol. The van der Waals surface area contributed by atoms with Gasteiger partial charge in [-0.2, -0.15) is 0 Å². The maximum atomic E-state index is 13.3. The van der Waals surface area contributed by atoms with Gasteiger partial charge in [0.05, 0.1) is 5.69 Å². The van der Waals surface area contributed by atoms with Gasteiger partial charge in [-0.3, -0.25) is 9.78 Å². The smallest absolute Gasteiger partial charge is 0.165 e. The highest BCUT2D eigenvalue weighted by Crippen LogP contribution is 2.36. The van der Waals surface area contributed by atoms with Crippen LogP contribution in [0.15, 0.2) is 30.5 Å². The number of carbonyl (C=O) groups excluding carboxylic acids is 1. The molecule has 0 fully saturated rings. The molecule has 0 spiro atoms. The number of fused-ring (bicyclic) bond motifs is 1. The maximum Gasteiger partial charge on any atom is 0.165 e. The number of pyridine rings is 1. The van der Waals surface area contributed by atoms with Gasteiger partial charge in [0.15, 0.2) is 5.78 Å². The number of aromatic hydroxyl groups is 1. The molecular weight excluding hydrogens is 257 g/mol. The summed E-state index contributed by atoms with van der Waals surface area (Å²) in [6.45, 7) is 1.89. The zero-order valence-electron chi connectivity index (χ0n) is 11.1. The maximum absolute atomic E-state index is 13.3. The summed E-state index contributed by atoms with van der Waals surface area (Å²) >= 11 is 0. The number of rotatable bonds is 1. The first-order chi connectivity index (χ1) is 9.56. The lowest BCUT2D eigenvalue weighted by molar-refractivity contribution is 0.0962. The lowest BCUT2D eigenvalue weighted by Crippen LogP contribution is -2.21. The van der Waals surface area contributed by atoms with Gasteiger partial charge in [-0.15, -0.1) is 0 Å². The number of aromatic nitrogens is 1. The van der Waals surface area contributed by atoms with Crippen LogP contribution in [0.3, 0.4) is 0 Å². The molecule has 1 heterocycles. The van der Waals surface area contributed by atoms with Gasteiger partial charge in [-0.1, -0.05) is 0 Å². The Morgan fingerprint density at radius 1 is 1.30 bits per heavy atom. The topological polar surface area (TPSA) is 50.2 Å². The fourth-order valence-corrected chi connectivity index (χ4v) is 2.85. The molecule has 4 heteroatoms. The van der Waals surface area contributed by atoms with Crippen LogP contribution in [-0.2, 0) is 6.42 Å². The van der Waals surface area contributed by atoms with Crippen molar-refractivity contribution in [3.63, 3.8) is 0 Å². The fourth-order valence-electron chi connectivity index (χ4n) is 2.85. The number of phenols is 1. The third-order valence-corrected chi connectivity index (χ3v) is 3.82. The number of Topliss-reactive ketones (excluding diaryl/α,β-unsaturated/α-hetero) is 1. The minimum atomic E-state index is -0.409. The predicted octanol–water partition coefficient (Wildman–Crippen LogP) is 3.15. The van der Waals surface area contributed by atoms with Crippen LogP contribution >= 0.6 is 0 Å². The second-order valence-electron chi connectivity index (χ2n) is 5.18. The van der Waals surface area contributed by atoms with Crippen molar-refractivity contribution >= 4 is 5.78 Å². The first-order valence-corrected chi connectivity index (χ1v) is 6.52. The summed E-state index contributed by atoms with van der Waals surface area (Å²) in [6, 6.07) is 5.65. The average Bonchev–Trinajstić information content (AvgIpc) is 2.41. The fraction of sp³-hybridized carbons (Fsp3) is 0.250. The summed E-state index contributed by atoms with van der Waals surface area (Å²) in [5.41, 5.74) is 2.81. The molecule has 0 amide bonds. The normalized spacial score (nSPS) is 17.9. The van der Waals surface area contributed by atoms with Crippen molar-refractivity contribution in [3.05, 3.63) is 58.7 Å². The molecule has 102 valence electrons. The molecule has 3 rings (SSSR count). The van der Waals surface area contributed by atoms with E-state index in [9.17, 15) is 14.3 Å². The van der Waals surface area contributed by atoms with Crippen molar-refractivity contribution < 1.29 is 14.3 Å². The Morgan fingerprint density at radius 2 is 2.10 bits per heavy atom. The Balaban J connectivity index is 2.04. The quantitative estimate of drug-likeness (QED) is 0.866. The average molecular weight is 271 g/mol. The van der Waals surface area contributed by atoms with Gasteiger partial charge in [0, 0.05) is 29.7 Å². The Kier molecular flexibility index (Phi) is 3.01. The molecule has 1 aliphatic rings. The molecule has 0 radical (unpaired) electrons. The van der Waals surface area contributed by atoms with Gasteiger partial charge in [0.1, 0.15) is 11.6 Å². The van der Waals surface area contributed by atoms with Crippen molar-refractivity contribution in [1.82, 2.24) is 4.98 Å². The third kappa shape index (κ3) is 2.07. The zero-order chi connectivity index (χ0) is 14.3. The molecule has 0 saturated carbocycles. The molecule has 1 aromatic carbocycles. The number of benzene rings is 1. The van der Waals surface area contributed by atoms with Gasteiger partial charge >= 0.3 is 0 Å². The molecule has 20 heavy (non-hydrogen) atoms. The van der Waals surface area contributed by atoms with E-state index in [0.717, 1.165) is 11.3 Å². The summed E-state index contributed by atoms with van der Waals surface area (Å²) in [5, 5.41) is 9.88. The van der Waals surface area contributed by atoms with Gasteiger partial charge < -0.3 is 5.11 Å². The van der Waals surface area contributed by atoms with Crippen LogP contribution in [0.1, 0.15) is 39.5 Å². The molecule has 1 N–H and O–H groups in total. The molecule has 1 atom stereocenters. The second kappa shape index (κ2) is 4.71. The lowest BCUT2D eigenvalue weighted by Gasteiger charge is -2.24. The Hall–Kier alpha value is -2.23. The van der Waals surface area contributed by atoms with E-state index < -0.39 is 5.82 Å². The summed E-state index contributed by atoms with van der Waals surface area (Å²) < 4.78 is 13.3. The van der Waals surface area contributed by atoms with Crippen LogP contribution < -0.4 is 0 Å². The predicted molar refractivity (Wildman–Crippen MR) is 72.4 cm³/mol. The van der Waals surface area contributed by atoms with E-state index in [1.165, 1.54) is 18.2 Å². The summed E-state index contributed by atoms with van der Waals surface area (Å²) in [7, 11) is 0.